The Morgan fingerprint density at radius 2 is 2.24 bits per heavy atom. The first-order valence-corrected chi connectivity index (χ1v) is 6.49. The Bertz CT molecular complexity index is 440. The normalized spacial score (nSPS) is 9.71. The maximum atomic E-state index is 11.6. The second-order valence-corrected chi connectivity index (χ2v) is 4.85. The number of anilines is 1. The van der Waals surface area contributed by atoms with Crippen LogP contribution in [0.15, 0.2) is 22.7 Å². The lowest BCUT2D eigenvalue weighted by molar-refractivity contribution is -0.116. The largest absolute Gasteiger partial charge is 0.326 e. The van der Waals surface area contributed by atoms with Crippen molar-refractivity contribution >= 4 is 39.1 Å². The monoisotopic (exact) mass is 313 g/mol. The van der Waals surface area contributed by atoms with Crippen molar-refractivity contribution in [3.05, 3.63) is 27.7 Å². The van der Waals surface area contributed by atoms with Crippen molar-refractivity contribution < 1.29 is 4.79 Å². The summed E-state index contributed by atoms with van der Waals surface area (Å²) >= 11 is 9.16. The molecule has 0 aliphatic carbocycles. The molecule has 0 aliphatic heterocycles. The summed E-state index contributed by atoms with van der Waals surface area (Å²) < 4.78 is 0.768. The van der Waals surface area contributed by atoms with E-state index in [9.17, 15) is 4.79 Å². The number of halogens is 2. The van der Waals surface area contributed by atoms with Gasteiger partial charge in [0.05, 0.1) is 5.02 Å². The minimum atomic E-state index is -0.00348. The van der Waals surface area contributed by atoms with Gasteiger partial charge in [-0.3, -0.25) is 4.79 Å². The summed E-state index contributed by atoms with van der Waals surface area (Å²) in [7, 11) is 0. The van der Waals surface area contributed by atoms with Crippen LogP contribution in [-0.2, 0) is 4.79 Å². The van der Waals surface area contributed by atoms with Crippen LogP contribution in [0.1, 0.15) is 25.7 Å². The van der Waals surface area contributed by atoms with E-state index in [0.29, 0.717) is 11.4 Å². The highest BCUT2D eigenvalue weighted by molar-refractivity contribution is 9.10. The lowest BCUT2D eigenvalue weighted by Gasteiger charge is -2.06. The molecule has 1 aromatic carbocycles. The SMILES string of the molecule is C#CCCCCC(=O)Nc1ccc(Cl)c(Br)c1. The van der Waals surface area contributed by atoms with E-state index in [-0.39, 0.29) is 5.91 Å². The summed E-state index contributed by atoms with van der Waals surface area (Å²) in [6.45, 7) is 0. The van der Waals surface area contributed by atoms with Gasteiger partial charge in [-0.05, 0) is 47.0 Å². The van der Waals surface area contributed by atoms with Crippen LogP contribution in [0, 0.1) is 12.3 Å². The fourth-order valence-corrected chi connectivity index (χ4v) is 1.81. The quantitative estimate of drug-likeness (QED) is 0.639. The van der Waals surface area contributed by atoms with Crippen LogP contribution in [-0.4, -0.2) is 5.91 Å². The van der Waals surface area contributed by atoms with Gasteiger partial charge >= 0.3 is 0 Å². The Kier molecular flexibility index (Phi) is 6.10. The number of amides is 1. The maximum absolute atomic E-state index is 11.6. The number of hydrogen-bond donors (Lipinski definition) is 1. The third-order valence-electron chi connectivity index (χ3n) is 2.18. The van der Waals surface area contributed by atoms with Crippen molar-refractivity contribution in [3.63, 3.8) is 0 Å². The lowest BCUT2D eigenvalue weighted by atomic mass is 10.2. The summed E-state index contributed by atoms with van der Waals surface area (Å²) in [5.41, 5.74) is 0.739. The first-order chi connectivity index (χ1) is 8.13. The molecule has 1 aromatic rings. The number of nitrogens with one attached hydrogen (secondary N) is 1. The lowest BCUT2D eigenvalue weighted by Crippen LogP contribution is -2.10. The molecule has 1 amide bonds. The minimum absolute atomic E-state index is 0.00348. The topological polar surface area (TPSA) is 29.1 Å². The van der Waals surface area contributed by atoms with Gasteiger partial charge in [-0.2, -0.15) is 0 Å². The molecule has 0 heterocycles. The van der Waals surface area contributed by atoms with Gasteiger partial charge in [0.2, 0.25) is 5.91 Å². The Hall–Kier alpha value is -0.980. The van der Waals surface area contributed by atoms with E-state index in [1.165, 1.54) is 0 Å². The average molecular weight is 315 g/mol. The van der Waals surface area contributed by atoms with Gasteiger partial charge in [-0.15, -0.1) is 12.3 Å². The second kappa shape index (κ2) is 7.37. The maximum Gasteiger partial charge on any atom is 0.224 e. The average Bonchev–Trinajstić information content (AvgIpc) is 2.30. The molecule has 4 heteroatoms. The first kappa shape index (κ1) is 14.1. The molecule has 17 heavy (non-hydrogen) atoms. The van der Waals surface area contributed by atoms with Crippen molar-refractivity contribution in [1.82, 2.24) is 0 Å². The van der Waals surface area contributed by atoms with Crippen LogP contribution < -0.4 is 5.32 Å². The highest BCUT2D eigenvalue weighted by Crippen LogP contribution is 2.25. The number of hydrogen-bond acceptors (Lipinski definition) is 1. The fraction of sp³-hybridized carbons (Fsp3) is 0.308. The highest BCUT2D eigenvalue weighted by Gasteiger charge is 2.03. The Morgan fingerprint density at radius 1 is 1.47 bits per heavy atom. The van der Waals surface area contributed by atoms with Gasteiger partial charge < -0.3 is 5.32 Å². The van der Waals surface area contributed by atoms with E-state index < -0.39 is 0 Å². The van der Waals surface area contributed by atoms with Crippen molar-refractivity contribution in [2.24, 2.45) is 0 Å². The molecule has 0 bridgehead atoms. The van der Waals surface area contributed by atoms with Crippen LogP contribution in [0.4, 0.5) is 5.69 Å². The van der Waals surface area contributed by atoms with Crippen LogP contribution in [0.2, 0.25) is 5.02 Å². The van der Waals surface area contributed by atoms with Crippen molar-refractivity contribution in [3.8, 4) is 12.3 Å². The minimum Gasteiger partial charge on any atom is -0.326 e. The van der Waals surface area contributed by atoms with Crippen molar-refractivity contribution in [1.29, 1.82) is 0 Å². The molecule has 0 atom stereocenters. The smallest absolute Gasteiger partial charge is 0.224 e. The van der Waals surface area contributed by atoms with Crippen LogP contribution >= 0.6 is 27.5 Å². The van der Waals surface area contributed by atoms with Gasteiger partial charge in [0.15, 0.2) is 0 Å². The van der Waals surface area contributed by atoms with E-state index in [0.717, 1.165) is 29.4 Å². The zero-order valence-corrected chi connectivity index (χ0v) is 11.6. The summed E-state index contributed by atoms with van der Waals surface area (Å²) in [6, 6.07) is 5.29. The Labute approximate surface area is 115 Å². The van der Waals surface area contributed by atoms with Crippen molar-refractivity contribution in [2.45, 2.75) is 25.7 Å². The Morgan fingerprint density at radius 3 is 2.88 bits per heavy atom. The van der Waals surface area contributed by atoms with Crippen LogP contribution in [0.25, 0.3) is 0 Å². The Balaban J connectivity index is 2.40. The number of rotatable bonds is 5. The molecule has 0 spiro atoms. The molecular formula is C13H13BrClNO. The van der Waals surface area contributed by atoms with Gasteiger partial charge in [0, 0.05) is 23.0 Å². The number of unbranched alkanes of at least 4 members (excludes halogenated alkanes) is 2. The van der Waals surface area contributed by atoms with E-state index in [1.54, 1.807) is 18.2 Å². The molecule has 0 unspecified atom stereocenters. The zero-order chi connectivity index (χ0) is 12.7. The molecule has 90 valence electrons. The molecule has 0 radical (unpaired) electrons. The summed E-state index contributed by atoms with van der Waals surface area (Å²) in [6.07, 6.45) is 8.03. The fourth-order valence-electron chi connectivity index (χ4n) is 1.31. The third kappa shape index (κ3) is 5.25. The van der Waals surface area contributed by atoms with E-state index in [1.807, 2.05) is 0 Å². The van der Waals surface area contributed by atoms with E-state index in [2.05, 4.69) is 27.2 Å². The molecule has 0 saturated heterocycles. The molecule has 0 aliphatic rings. The van der Waals surface area contributed by atoms with Crippen LogP contribution in [0.5, 0.6) is 0 Å². The summed E-state index contributed by atoms with van der Waals surface area (Å²) in [5, 5.41) is 3.43. The predicted octanol–water partition coefficient (Wildman–Crippen LogP) is 4.23. The zero-order valence-electron chi connectivity index (χ0n) is 9.30. The first-order valence-electron chi connectivity index (χ1n) is 5.32. The van der Waals surface area contributed by atoms with Gasteiger partial charge in [0.25, 0.3) is 0 Å². The number of carbonyl (C=O) groups excluding carboxylic acids is 1. The van der Waals surface area contributed by atoms with Gasteiger partial charge in [-0.1, -0.05) is 11.6 Å². The molecule has 0 aromatic heterocycles. The molecule has 0 fully saturated rings. The summed E-state index contributed by atoms with van der Waals surface area (Å²) in [4.78, 5) is 11.6. The number of benzene rings is 1. The van der Waals surface area contributed by atoms with E-state index in [4.69, 9.17) is 18.0 Å². The third-order valence-corrected chi connectivity index (χ3v) is 3.39. The van der Waals surface area contributed by atoms with E-state index >= 15 is 0 Å². The van der Waals surface area contributed by atoms with Gasteiger partial charge in [-0.25, -0.2) is 0 Å². The molecule has 1 rings (SSSR count). The van der Waals surface area contributed by atoms with Gasteiger partial charge in [0.1, 0.15) is 0 Å². The number of terminal acetylenes is 1. The molecule has 1 N–H and O–H groups in total. The predicted molar refractivity (Wildman–Crippen MR) is 75.1 cm³/mol. The standard InChI is InChI=1S/C13H13BrClNO/c1-2-3-4-5-6-13(17)16-10-7-8-12(15)11(14)9-10/h1,7-9H,3-6H2,(H,16,17). The molecule has 0 saturated carbocycles. The van der Waals surface area contributed by atoms with Crippen molar-refractivity contribution in [2.75, 3.05) is 5.32 Å². The number of carbonyl (C=O) groups is 1. The second-order valence-electron chi connectivity index (χ2n) is 3.59. The van der Waals surface area contributed by atoms with Crippen LogP contribution in [0.3, 0.4) is 0 Å². The molecule has 2 nitrogen and oxygen atoms in total. The highest BCUT2D eigenvalue weighted by atomic mass is 79.9. The summed E-state index contributed by atoms with van der Waals surface area (Å²) in [5.74, 6) is 2.55. The molecular weight excluding hydrogens is 302 g/mol.